The molecule has 0 heterocycles. The number of hydrogen-bond donors (Lipinski definition) is 0. The molecule has 0 aliphatic heterocycles. The van der Waals surface area contributed by atoms with E-state index in [4.69, 9.17) is 0 Å². The summed E-state index contributed by atoms with van der Waals surface area (Å²) in [5.41, 5.74) is 2.37. The Balaban J connectivity index is 2.97. The predicted octanol–water partition coefficient (Wildman–Crippen LogP) is 1.47. The van der Waals surface area contributed by atoms with E-state index in [1.165, 1.54) is 5.56 Å². The summed E-state index contributed by atoms with van der Waals surface area (Å²) in [5, 5.41) is 0. The Morgan fingerprint density at radius 3 is 2.30 bits per heavy atom. The first-order chi connectivity index (χ1) is 4.83. The van der Waals surface area contributed by atoms with Crippen molar-refractivity contribution in [3.8, 4) is 10.7 Å². The fourth-order valence-corrected chi connectivity index (χ4v) is 1.01. The molecule has 3 radical (unpaired) electrons. The Bertz CT molecular complexity index is 261. The molecule has 0 bridgehead atoms. The fourth-order valence-electron chi connectivity index (χ4n) is 0.709. The van der Waals surface area contributed by atoms with Crippen LogP contribution < -0.4 is 0 Å². The first kappa shape index (κ1) is 7.43. The molecule has 1 aromatic carbocycles. The topological polar surface area (TPSA) is 0 Å². The normalized spacial score (nSPS) is 8.20. The molecule has 0 saturated heterocycles. The third-order valence-electron chi connectivity index (χ3n) is 1.26. The second-order valence-corrected chi connectivity index (χ2v) is 2.64. The quantitative estimate of drug-likeness (QED) is 0.427. The Hall–Kier alpha value is -0.677. The van der Waals surface area contributed by atoms with Crippen LogP contribution in [0.15, 0.2) is 24.3 Å². The molecule has 0 aliphatic rings. The van der Waals surface area contributed by atoms with Crippen LogP contribution in [0.25, 0.3) is 0 Å². The maximum absolute atomic E-state index is 2.98. The van der Waals surface area contributed by atoms with Crippen LogP contribution in [0, 0.1) is 17.6 Å². The van der Waals surface area contributed by atoms with Gasteiger partial charge in [-0.05, 0) is 0 Å². The second-order valence-electron chi connectivity index (χ2n) is 2.12. The maximum atomic E-state index is 2.98. The van der Waals surface area contributed by atoms with Gasteiger partial charge in [0.1, 0.15) is 0 Å². The SMILES string of the molecule is Cc1ccc(C#[C][Ge])cc1. The van der Waals surface area contributed by atoms with Gasteiger partial charge in [0.2, 0.25) is 0 Å². The standard InChI is InChI=1S/C9H7Ge/c1-8-2-4-9(5-3-8)6-7-10/h2-5H,1H3. The molecule has 0 aromatic heterocycles. The van der Waals surface area contributed by atoms with Crippen LogP contribution in [0.1, 0.15) is 11.1 Å². The van der Waals surface area contributed by atoms with E-state index >= 15 is 0 Å². The fraction of sp³-hybridized carbons (Fsp3) is 0.111. The van der Waals surface area contributed by atoms with Crippen LogP contribution in [-0.4, -0.2) is 16.5 Å². The van der Waals surface area contributed by atoms with E-state index in [0.29, 0.717) is 0 Å². The van der Waals surface area contributed by atoms with E-state index in [1.54, 1.807) is 0 Å². The molecule has 0 spiro atoms. The molecule has 1 aromatic rings. The van der Waals surface area contributed by atoms with Crippen molar-refractivity contribution in [2.75, 3.05) is 0 Å². The molecular weight excluding hydrogens is 181 g/mol. The van der Waals surface area contributed by atoms with Gasteiger partial charge in [0.05, 0.1) is 0 Å². The summed E-state index contributed by atoms with van der Waals surface area (Å²) in [6.45, 7) is 2.07. The molecule has 0 fully saturated rings. The summed E-state index contributed by atoms with van der Waals surface area (Å²) in [6.07, 6.45) is 0. The van der Waals surface area contributed by atoms with Gasteiger partial charge < -0.3 is 0 Å². The average Bonchev–Trinajstić information content (AvgIpc) is 1.95. The zero-order valence-corrected chi connectivity index (χ0v) is 7.91. The summed E-state index contributed by atoms with van der Waals surface area (Å²) in [4.78, 5) is 0. The summed E-state index contributed by atoms with van der Waals surface area (Å²) in [5.74, 6) is 2.98. The van der Waals surface area contributed by atoms with E-state index in [0.717, 1.165) is 5.56 Å². The van der Waals surface area contributed by atoms with Crippen LogP contribution >= 0.6 is 0 Å². The Morgan fingerprint density at radius 1 is 1.20 bits per heavy atom. The molecule has 0 saturated carbocycles. The summed E-state index contributed by atoms with van der Waals surface area (Å²) in [6, 6.07) is 8.21. The molecule has 1 rings (SSSR count). The third kappa shape index (κ3) is 1.93. The molecule has 0 N–H and O–H groups in total. The van der Waals surface area contributed by atoms with E-state index in [-0.39, 0.29) is 0 Å². The summed E-state index contributed by atoms with van der Waals surface area (Å²) < 4.78 is 2.85. The van der Waals surface area contributed by atoms with Crippen LogP contribution in [-0.2, 0) is 0 Å². The van der Waals surface area contributed by atoms with Crippen LogP contribution in [0.4, 0.5) is 0 Å². The van der Waals surface area contributed by atoms with E-state index in [1.807, 2.05) is 28.6 Å². The molecule has 0 aliphatic carbocycles. The molecule has 0 atom stereocenters. The zero-order chi connectivity index (χ0) is 7.40. The van der Waals surface area contributed by atoms with Gasteiger partial charge in [-0.1, -0.05) is 0 Å². The molecule has 0 amide bonds. The molecule has 0 nitrogen and oxygen atoms in total. The number of rotatable bonds is 0. The van der Waals surface area contributed by atoms with E-state index < -0.39 is 0 Å². The Labute approximate surface area is 69.9 Å². The van der Waals surface area contributed by atoms with Gasteiger partial charge in [-0.25, -0.2) is 0 Å². The summed E-state index contributed by atoms with van der Waals surface area (Å²) >= 11 is 1.85. The molecule has 0 unspecified atom stereocenters. The first-order valence-corrected chi connectivity index (χ1v) is 4.12. The molecule has 1 heteroatoms. The van der Waals surface area contributed by atoms with Crippen molar-refractivity contribution in [1.29, 1.82) is 0 Å². The minimum absolute atomic E-state index is 1.09. The van der Waals surface area contributed by atoms with Gasteiger partial charge in [0, 0.05) is 0 Å². The Morgan fingerprint density at radius 2 is 1.80 bits per heavy atom. The van der Waals surface area contributed by atoms with Crippen LogP contribution in [0.2, 0.25) is 0 Å². The van der Waals surface area contributed by atoms with Gasteiger partial charge in [-0.3, -0.25) is 0 Å². The van der Waals surface area contributed by atoms with Crippen molar-refractivity contribution in [2.24, 2.45) is 0 Å². The number of hydrogen-bond acceptors (Lipinski definition) is 0. The van der Waals surface area contributed by atoms with E-state index in [2.05, 4.69) is 29.7 Å². The van der Waals surface area contributed by atoms with Crippen molar-refractivity contribution < 1.29 is 0 Å². The van der Waals surface area contributed by atoms with Crippen molar-refractivity contribution in [3.05, 3.63) is 35.4 Å². The van der Waals surface area contributed by atoms with Gasteiger partial charge >= 0.3 is 69.5 Å². The van der Waals surface area contributed by atoms with Crippen LogP contribution in [0.3, 0.4) is 0 Å². The van der Waals surface area contributed by atoms with Gasteiger partial charge in [0.25, 0.3) is 0 Å². The van der Waals surface area contributed by atoms with Crippen LogP contribution in [0.5, 0.6) is 0 Å². The zero-order valence-electron chi connectivity index (χ0n) is 5.81. The average molecular weight is 188 g/mol. The van der Waals surface area contributed by atoms with Crippen molar-refractivity contribution in [2.45, 2.75) is 6.92 Å². The van der Waals surface area contributed by atoms with Gasteiger partial charge in [-0.15, -0.1) is 0 Å². The monoisotopic (exact) mass is 189 g/mol. The van der Waals surface area contributed by atoms with Crippen molar-refractivity contribution >= 4 is 16.5 Å². The third-order valence-corrected chi connectivity index (χ3v) is 1.52. The van der Waals surface area contributed by atoms with Crippen molar-refractivity contribution in [1.82, 2.24) is 0 Å². The van der Waals surface area contributed by atoms with E-state index in [9.17, 15) is 0 Å². The van der Waals surface area contributed by atoms with Gasteiger partial charge in [-0.2, -0.15) is 0 Å². The van der Waals surface area contributed by atoms with Gasteiger partial charge in [0.15, 0.2) is 0 Å². The number of aryl methyl sites for hydroxylation is 1. The Kier molecular flexibility index (Phi) is 2.59. The molecule has 10 heavy (non-hydrogen) atoms. The van der Waals surface area contributed by atoms with Crippen molar-refractivity contribution in [3.63, 3.8) is 0 Å². The second kappa shape index (κ2) is 3.48. The molecule has 47 valence electrons. The predicted molar refractivity (Wildman–Crippen MR) is 43.8 cm³/mol. The molecular formula is C9H7Ge. The first-order valence-electron chi connectivity index (χ1n) is 3.07. The summed E-state index contributed by atoms with van der Waals surface area (Å²) in [7, 11) is 0. The number of benzene rings is 1. The minimum atomic E-state index is 1.09.